The summed E-state index contributed by atoms with van der Waals surface area (Å²) in [4.78, 5) is 8.92. The third-order valence-electron chi connectivity index (χ3n) is 0.0833. The molecule has 0 unspecified atom stereocenters. The van der Waals surface area contributed by atoms with Gasteiger partial charge in [0, 0.05) is 0 Å². The molecule has 0 amide bonds. The zero-order valence-corrected chi connectivity index (χ0v) is 5.42. The molecule has 0 aromatic rings. The first-order valence-electron chi connectivity index (χ1n) is 1.10. The summed E-state index contributed by atoms with van der Waals surface area (Å²) in [5, 5.41) is 0. The van der Waals surface area contributed by atoms with Crippen LogP contribution in [-0.2, 0) is 22.1 Å². The molecule has 0 aliphatic carbocycles. The third-order valence-corrected chi connectivity index (χ3v) is 0.0833. The normalized spacial score (nSPS) is 5.17. The standard InChI is InChI=1S/C2H4NO.ClH.Ru/c3-1-2-4;;/h1,3H2;1H;/q-1;;+2/p-1. The fourth-order valence-corrected chi connectivity index (χ4v) is 0. The Bertz CT molecular complexity index is 27.5. The van der Waals surface area contributed by atoms with E-state index >= 15 is 0 Å². The Kier molecular flexibility index (Phi) is 28.7. The van der Waals surface area contributed by atoms with Gasteiger partial charge in [0.25, 0.3) is 0 Å². The second-order valence-electron chi connectivity index (χ2n) is 0.348. The Morgan fingerprint density at radius 2 is 2.00 bits per heavy atom. The van der Waals surface area contributed by atoms with E-state index in [0.717, 1.165) is 0 Å². The molecule has 4 heteroatoms. The van der Waals surface area contributed by atoms with Gasteiger partial charge in [0.1, 0.15) is 0 Å². The van der Waals surface area contributed by atoms with Gasteiger partial charge in [0.15, 0.2) is 0 Å². The molecule has 2 N–H and O–H groups in total. The quantitative estimate of drug-likeness (QED) is 0.462. The average Bonchev–Trinajstić information content (AvgIpc) is 1.72. The topological polar surface area (TPSA) is 43.1 Å². The number of rotatable bonds is 1. The van der Waals surface area contributed by atoms with Crippen molar-refractivity contribution >= 4 is 16.0 Å². The fourth-order valence-electron chi connectivity index (χ4n) is 0. The molecule has 0 aliphatic heterocycles. The molecule has 0 aromatic carbocycles. The summed E-state index contributed by atoms with van der Waals surface area (Å²) in [7, 11) is 4.57. The van der Waals surface area contributed by atoms with Gasteiger partial charge in [0.2, 0.25) is 0 Å². The van der Waals surface area contributed by atoms with Crippen molar-refractivity contribution in [2.24, 2.45) is 5.73 Å². The summed E-state index contributed by atoms with van der Waals surface area (Å²) >= 11 is 1.82. The molecule has 0 fully saturated rings. The van der Waals surface area contributed by atoms with Crippen LogP contribution in [0.1, 0.15) is 0 Å². The summed E-state index contributed by atoms with van der Waals surface area (Å²) in [6.45, 7) is 0.0139. The molecule has 2 nitrogen and oxygen atoms in total. The zero-order valence-electron chi connectivity index (χ0n) is 2.92. The summed E-state index contributed by atoms with van der Waals surface area (Å²) < 4.78 is 0. The summed E-state index contributed by atoms with van der Waals surface area (Å²) in [6, 6.07) is 0. The van der Waals surface area contributed by atoms with E-state index in [1.165, 1.54) is 6.29 Å². The Morgan fingerprint density at radius 1 is 1.83 bits per heavy atom. The molecule has 0 aliphatic rings. The zero-order chi connectivity index (χ0) is 5.41. The van der Waals surface area contributed by atoms with Gasteiger partial charge in [-0.1, -0.05) is 0 Å². The van der Waals surface area contributed by atoms with Crippen molar-refractivity contribution in [3.63, 3.8) is 0 Å². The maximum atomic E-state index is 8.92. The van der Waals surface area contributed by atoms with Gasteiger partial charge in [-0.3, -0.25) is 6.29 Å². The molecule has 0 bridgehead atoms. The van der Waals surface area contributed by atoms with Gasteiger partial charge in [-0.25, -0.2) is 0 Å². The molecule has 0 heterocycles. The van der Waals surface area contributed by atoms with Crippen LogP contribution in [0.5, 0.6) is 0 Å². The molecule has 0 saturated carbocycles. The van der Waals surface area contributed by atoms with Crippen LogP contribution in [0, 0.1) is 0 Å². The monoisotopic (exact) mass is 195 g/mol. The van der Waals surface area contributed by atoms with Crippen LogP contribution >= 0.6 is 9.69 Å². The number of hydrogen-bond acceptors (Lipinski definition) is 2. The van der Waals surface area contributed by atoms with E-state index in [-0.39, 0.29) is 6.54 Å². The van der Waals surface area contributed by atoms with Crippen molar-refractivity contribution in [2.45, 2.75) is 0 Å². The summed E-state index contributed by atoms with van der Waals surface area (Å²) in [5.74, 6) is 0. The van der Waals surface area contributed by atoms with Gasteiger partial charge in [-0.05, 0) is 0 Å². The third kappa shape index (κ3) is 23.9. The van der Waals surface area contributed by atoms with Crippen molar-refractivity contribution < 1.29 is 22.1 Å². The van der Waals surface area contributed by atoms with Gasteiger partial charge in [0.05, 0.1) is 0 Å². The SMILES string of the molecule is NC[C-]=O.[Cl][Ru+]. The molecule has 0 saturated heterocycles. The van der Waals surface area contributed by atoms with Crippen molar-refractivity contribution in [2.75, 3.05) is 6.54 Å². The van der Waals surface area contributed by atoms with Crippen molar-refractivity contribution in [3.05, 3.63) is 0 Å². The minimum atomic E-state index is 0.0139. The van der Waals surface area contributed by atoms with Gasteiger partial charge < -0.3 is 10.5 Å². The van der Waals surface area contributed by atoms with Crippen LogP contribution in [0.15, 0.2) is 0 Å². The van der Waals surface area contributed by atoms with E-state index in [2.05, 4.69) is 15.4 Å². The molecular formula is C2H4ClNORu. The Hall–Kier alpha value is 0.543. The molecule has 0 aromatic heterocycles. The number of hydrogen-bond donors (Lipinski definition) is 1. The Labute approximate surface area is 50.8 Å². The van der Waals surface area contributed by atoms with E-state index in [0.29, 0.717) is 0 Å². The first-order valence-corrected chi connectivity index (χ1v) is 3.34. The van der Waals surface area contributed by atoms with Crippen LogP contribution in [0.25, 0.3) is 0 Å². The first kappa shape index (κ1) is 9.74. The number of halogens is 1. The maximum absolute atomic E-state index is 8.92. The predicted molar refractivity (Wildman–Crippen MR) is 20.6 cm³/mol. The average molecular weight is 195 g/mol. The van der Waals surface area contributed by atoms with Crippen LogP contribution < -0.4 is 5.73 Å². The second-order valence-corrected chi connectivity index (χ2v) is 0.348. The second kappa shape index (κ2) is 17.7. The van der Waals surface area contributed by atoms with E-state index in [1.54, 1.807) is 0 Å². The van der Waals surface area contributed by atoms with E-state index < -0.39 is 0 Å². The summed E-state index contributed by atoms with van der Waals surface area (Å²) in [6.07, 6.45) is 1.46. The molecule has 6 heavy (non-hydrogen) atoms. The molecule has 0 atom stereocenters. The van der Waals surface area contributed by atoms with E-state index in [9.17, 15) is 0 Å². The fraction of sp³-hybridized carbons (Fsp3) is 0.500. The minimum absolute atomic E-state index is 0.0139. The van der Waals surface area contributed by atoms with Crippen LogP contribution in [0.2, 0.25) is 0 Å². The Balaban J connectivity index is 0. The first-order chi connectivity index (χ1) is 2.91. The summed E-state index contributed by atoms with van der Waals surface area (Å²) in [5.41, 5.74) is 4.60. The van der Waals surface area contributed by atoms with Crippen molar-refractivity contribution in [1.29, 1.82) is 0 Å². The number of carbonyl (C=O) groups excluding carboxylic acids is 1. The van der Waals surface area contributed by atoms with Crippen LogP contribution in [0.4, 0.5) is 0 Å². The molecule has 38 valence electrons. The van der Waals surface area contributed by atoms with Gasteiger partial charge in [-0.15, -0.1) is 6.54 Å². The van der Waals surface area contributed by atoms with Crippen LogP contribution in [0.3, 0.4) is 0 Å². The molecule has 0 rings (SSSR count). The molecule has 0 spiro atoms. The van der Waals surface area contributed by atoms with E-state index in [1.807, 2.05) is 17.3 Å². The molecule has 0 radical (unpaired) electrons. The van der Waals surface area contributed by atoms with Crippen LogP contribution in [-0.4, -0.2) is 12.8 Å². The van der Waals surface area contributed by atoms with Crippen molar-refractivity contribution in [1.82, 2.24) is 0 Å². The van der Waals surface area contributed by atoms with Crippen molar-refractivity contribution in [3.8, 4) is 0 Å². The van der Waals surface area contributed by atoms with Gasteiger partial charge in [-0.2, -0.15) is 0 Å². The Morgan fingerprint density at radius 3 is 2.00 bits per heavy atom. The van der Waals surface area contributed by atoms with E-state index in [4.69, 9.17) is 4.79 Å². The molecular weight excluding hydrogens is 191 g/mol. The number of nitrogens with two attached hydrogens (primary N) is 1. The predicted octanol–water partition coefficient (Wildman–Crippen LogP) is -0.258. The van der Waals surface area contributed by atoms with Gasteiger partial charge >= 0.3 is 27.0 Å².